The van der Waals surface area contributed by atoms with Crippen LogP contribution in [0.3, 0.4) is 0 Å². The van der Waals surface area contributed by atoms with Crippen molar-refractivity contribution in [1.82, 2.24) is 15.2 Å². The summed E-state index contributed by atoms with van der Waals surface area (Å²) >= 11 is 0. The summed E-state index contributed by atoms with van der Waals surface area (Å²) in [6.07, 6.45) is 1.98. The molecular weight excluding hydrogens is 166 g/mol. The predicted octanol–water partition coefficient (Wildman–Crippen LogP) is -0.139. The Balaban J connectivity index is 2.28. The molecule has 1 aromatic heterocycles. The van der Waals surface area contributed by atoms with E-state index in [9.17, 15) is 4.79 Å². The molecule has 72 valence electrons. The molecule has 0 aliphatic carbocycles. The smallest absolute Gasteiger partial charge is 0.233 e. The largest absolute Gasteiger partial charge is 0.358 e. The molecule has 0 unspecified atom stereocenters. The lowest BCUT2D eigenvalue weighted by atomic mass is 10.4. The maximum Gasteiger partial charge on any atom is 0.233 e. The van der Waals surface area contributed by atoms with Crippen molar-refractivity contribution in [2.75, 3.05) is 13.6 Å². The fourth-order valence-electron chi connectivity index (χ4n) is 1.07. The van der Waals surface area contributed by atoms with Crippen LogP contribution in [0.4, 0.5) is 0 Å². The zero-order valence-corrected chi connectivity index (χ0v) is 8.00. The lowest BCUT2D eigenvalue weighted by molar-refractivity contribution is -0.119. The maximum atomic E-state index is 10.8. The van der Waals surface area contributed by atoms with Gasteiger partial charge in [-0.15, -0.1) is 0 Å². The van der Waals surface area contributed by atoms with Crippen LogP contribution in [0.15, 0.2) is 18.3 Å². The molecule has 0 atom stereocenters. The minimum absolute atomic E-state index is 0.00853. The fraction of sp³-hybridized carbons (Fsp3) is 0.444. The Labute approximate surface area is 77.9 Å². The van der Waals surface area contributed by atoms with Gasteiger partial charge in [-0.25, -0.2) is 0 Å². The van der Waals surface area contributed by atoms with Crippen molar-refractivity contribution in [2.24, 2.45) is 7.05 Å². The van der Waals surface area contributed by atoms with E-state index in [1.807, 2.05) is 29.9 Å². The van der Waals surface area contributed by atoms with Gasteiger partial charge in [-0.2, -0.15) is 0 Å². The molecular formula is C9H15N3O. The number of amides is 1. The van der Waals surface area contributed by atoms with Crippen molar-refractivity contribution in [1.29, 1.82) is 0 Å². The highest BCUT2D eigenvalue weighted by Crippen LogP contribution is 1.97. The predicted molar refractivity (Wildman–Crippen MR) is 51.2 cm³/mol. The van der Waals surface area contributed by atoms with Crippen molar-refractivity contribution in [3.8, 4) is 0 Å². The normalized spacial score (nSPS) is 10.0. The highest BCUT2D eigenvalue weighted by Gasteiger charge is 1.98. The zero-order valence-electron chi connectivity index (χ0n) is 8.00. The van der Waals surface area contributed by atoms with Crippen LogP contribution >= 0.6 is 0 Å². The third kappa shape index (κ3) is 2.91. The molecule has 0 spiro atoms. The van der Waals surface area contributed by atoms with E-state index >= 15 is 0 Å². The molecule has 13 heavy (non-hydrogen) atoms. The average Bonchev–Trinajstić information content (AvgIpc) is 2.52. The van der Waals surface area contributed by atoms with E-state index in [1.54, 1.807) is 7.05 Å². The number of hydrogen-bond donors (Lipinski definition) is 2. The van der Waals surface area contributed by atoms with E-state index in [4.69, 9.17) is 0 Å². The lowest BCUT2D eigenvalue weighted by Crippen LogP contribution is -2.31. The molecule has 0 saturated heterocycles. The molecule has 0 aliphatic rings. The second kappa shape index (κ2) is 4.67. The van der Waals surface area contributed by atoms with Gasteiger partial charge in [-0.3, -0.25) is 4.79 Å². The summed E-state index contributed by atoms with van der Waals surface area (Å²) in [6.45, 7) is 1.08. The van der Waals surface area contributed by atoms with Crippen molar-refractivity contribution in [2.45, 2.75) is 6.54 Å². The second-order valence-corrected chi connectivity index (χ2v) is 2.89. The Morgan fingerprint density at radius 1 is 1.62 bits per heavy atom. The van der Waals surface area contributed by atoms with Gasteiger partial charge in [0.2, 0.25) is 5.91 Å². The molecule has 1 rings (SSSR count). The molecule has 1 amide bonds. The summed E-state index contributed by atoms with van der Waals surface area (Å²) in [7, 11) is 3.61. The van der Waals surface area contributed by atoms with Gasteiger partial charge in [0.25, 0.3) is 0 Å². The third-order valence-corrected chi connectivity index (χ3v) is 1.92. The van der Waals surface area contributed by atoms with Crippen LogP contribution < -0.4 is 10.6 Å². The summed E-state index contributed by atoms with van der Waals surface area (Å²) in [6, 6.07) is 4.01. The van der Waals surface area contributed by atoms with Crippen LogP contribution in [0, 0.1) is 0 Å². The van der Waals surface area contributed by atoms with Gasteiger partial charge in [0, 0.05) is 32.5 Å². The van der Waals surface area contributed by atoms with Gasteiger partial charge in [0.1, 0.15) is 0 Å². The van der Waals surface area contributed by atoms with E-state index in [0.717, 1.165) is 6.54 Å². The number of carbonyl (C=O) groups excluding carboxylic acids is 1. The number of carbonyl (C=O) groups is 1. The van der Waals surface area contributed by atoms with Crippen LogP contribution in [-0.4, -0.2) is 24.1 Å². The van der Waals surface area contributed by atoms with Gasteiger partial charge >= 0.3 is 0 Å². The Bertz CT molecular complexity index is 280. The first-order valence-corrected chi connectivity index (χ1v) is 4.25. The van der Waals surface area contributed by atoms with Crippen molar-refractivity contribution in [3.05, 3.63) is 24.0 Å². The van der Waals surface area contributed by atoms with E-state index in [1.165, 1.54) is 5.69 Å². The number of nitrogens with one attached hydrogen (secondary N) is 2. The Kier molecular flexibility index (Phi) is 3.52. The van der Waals surface area contributed by atoms with Gasteiger partial charge in [0.05, 0.1) is 6.54 Å². The Morgan fingerprint density at radius 3 is 2.92 bits per heavy atom. The molecule has 0 bridgehead atoms. The number of aromatic nitrogens is 1. The number of rotatable bonds is 4. The Morgan fingerprint density at radius 2 is 2.38 bits per heavy atom. The molecule has 1 heterocycles. The van der Waals surface area contributed by atoms with Crippen LogP contribution in [0.25, 0.3) is 0 Å². The molecule has 4 heteroatoms. The summed E-state index contributed by atoms with van der Waals surface area (Å²) in [5.74, 6) is 0.00853. The summed E-state index contributed by atoms with van der Waals surface area (Å²) in [5.41, 5.74) is 1.17. The average molecular weight is 181 g/mol. The number of likely N-dealkylation sites (N-methyl/N-ethyl adjacent to an activating group) is 1. The molecule has 4 nitrogen and oxygen atoms in total. The second-order valence-electron chi connectivity index (χ2n) is 2.89. The monoisotopic (exact) mass is 181 g/mol. The molecule has 2 N–H and O–H groups in total. The highest BCUT2D eigenvalue weighted by molar-refractivity contribution is 5.77. The fourth-order valence-corrected chi connectivity index (χ4v) is 1.07. The lowest BCUT2D eigenvalue weighted by Gasteiger charge is -2.04. The van der Waals surface area contributed by atoms with Crippen molar-refractivity contribution in [3.63, 3.8) is 0 Å². The SMILES string of the molecule is CNC(=O)CNCc1cccn1C. The van der Waals surface area contributed by atoms with Gasteiger partial charge in [-0.05, 0) is 12.1 Å². The first-order chi connectivity index (χ1) is 6.24. The Hall–Kier alpha value is -1.29. The molecule has 0 fully saturated rings. The van der Waals surface area contributed by atoms with Crippen LogP contribution in [0.2, 0.25) is 0 Å². The van der Waals surface area contributed by atoms with Gasteiger partial charge in [-0.1, -0.05) is 0 Å². The minimum Gasteiger partial charge on any atom is -0.358 e. The number of hydrogen-bond acceptors (Lipinski definition) is 2. The molecule has 0 saturated carbocycles. The molecule has 1 aromatic rings. The van der Waals surface area contributed by atoms with Gasteiger partial charge in [0.15, 0.2) is 0 Å². The van der Waals surface area contributed by atoms with E-state index in [2.05, 4.69) is 10.6 Å². The van der Waals surface area contributed by atoms with E-state index in [0.29, 0.717) is 6.54 Å². The first-order valence-electron chi connectivity index (χ1n) is 4.25. The number of aryl methyl sites for hydroxylation is 1. The van der Waals surface area contributed by atoms with E-state index in [-0.39, 0.29) is 5.91 Å². The maximum absolute atomic E-state index is 10.8. The van der Waals surface area contributed by atoms with Crippen molar-refractivity contribution < 1.29 is 4.79 Å². The highest BCUT2D eigenvalue weighted by atomic mass is 16.1. The first kappa shape index (κ1) is 9.80. The quantitative estimate of drug-likeness (QED) is 0.679. The summed E-state index contributed by atoms with van der Waals surface area (Å²) in [4.78, 5) is 10.8. The summed E-state index contributed by atoms with van der Waals surface area (Å²) in [5, 5.41) is 5.60. The molecule has 0 aliphatic heterocycles. The van der Waals surface area contributed by atoms with E-state index < -0.39 is 0 Å². The standard InChI is InChI=1S/C9H15N3O/c1-10-9(13)7-11-6-8-4-3-5-12(8)2/h3-5,11H,6-7H2,1-2H3,(H,10,13). The third-order valence-electron chi connectivity index (χ3n) is 1.92. The van der Waals surface area contributed by atoms with Crippen molar-refractivity contribution >= 4 is 5.91 Å². The molecule has 0 radical (unpaired) electrons. The van der Waals surface area contributed by atoms with Gasteiger partial charge < -0.3 is 15.2 Å². The number of nitrogens with zero attached hydrogens (tertiary/aromatic N) is 1. The summed E-state index contributed by atoms with van der Waals surface area (Å²) < 4.78 is 2.02. The topological polar surface area (TPSA) is 46.1 Å². The zero-order chi connectivity index (χ0) is 9.68. The van der Waals surface area contributed by atoms with Crippen LogP contribution in [0.5, 0.6) is 0 Å². The van der Waals surface area contributed by atoms with Crippen LogP contribution in [0.1, 0.15) is 5.69 Å². The molecule has 0 aromatic carbocycles. The van der Waals surface area contributed by atoms with Crippen LogP contribution in [-0.2, 0) is 18.4 Å². The minimum atomic E-state index is 0.00853.